The molecule has 0 radical (unpaired) electrons. The SMILES string of the molecule is OCCc1cnc(-c2cccc(Cl)c2)nc1. The molecule has 4 heteroatoms. The lowest BCUT2D eigenvalue weighted by molar-refractivity contribution is 0.299. The number of nitrogens with zero attached hydrogens (tertiary/aromatic N) is 2. The topological polar surface area (TPSA) is 46.0 Å². The summed E-state index contributed by atoms with van der Waals surface area (Å²) in [6, 6.07) is 7.41. The van der Waals surface area contributed by atoms with E-state index in [1.54, 1.807) is 12.4 Å². The van der Waals surface area contributed by atoms with Crippen molar-refractivity contribution in [3.63, 3.8) is 0 Å². The fourth-order valence-electron chi connectivity index (χ4n) is 1.39. The highest BCUT2D eigenvalue weighted by Crippen LogP contribution is 2.18. The van der Waals surface area contributed by atoms with E-state index in [0.717, 1.165) is 11.1 Å². The number of hydrogen-bond donors (Lipinski definition) is 1. The van der Waals surface area contributed by atoms with Crippen molar-refractivity contribution in [2.24, 2.45) is 0 Å². The third kappa shape index (κ3) is 2.56. The standard InChI is InChI=1S/C12H11ClN2O/c13-11-3-1-2-10(6-11)12-14-7-9(4-5-16)8-15-12/h1-3,6-8,16H,4-5H2. The van der Waals surface area contributed by atoms with Crippen molar-refractivity contribution in [3.05, 3.63) is 47.2 Å². The summed E-state index contributed by atoms with van der Waals surface area (Å²) < 4.78 is 0. The molecule has 0 bridgehead atoms. The van der Waals surface area contributed by atoms with Crippen LogP contribution in [0.2, 0.25) is 5.02 Å². The molecule has 1 N–H and O–H groups in total. The minimum absolute atomic E-state index is 0.111. The smallest absolute Gasteiger partial charge is 0.159 e. The van der Waals surface area contributed by atoms with Crippen LogP contribution >= 0.6 is 11.6 Å². The van der Waals surface area contributed by atoms with Crippen molar-refractivity contribution in [1.29, 1.82) is 0 Å². The van der Waals surface area contributed by atoms with Gasteiger partial charge in [-0.2, -0.15) is 0 Å². The highest BCUT2D eigenvalue weighted by atomic mass is 35.5. The number of benzene rings is 1. The molecular formula is C12H11ClN2O. The number of aromatic nitrogens is 2. The molecule has 0 amide bonds. The zero-order chi connectivity index (χ0) is 11.4. The lowest BCUT2D eigenvalue weighted by Gasteiger charge is -2.01. The van der Waals surface area contributed by atoms with Crippen LogP contribution in [-0.4, -0.2) is 21.7 Å². The van der Waals surface area contributed by atoms with E-state index in [4.69, 9.17) is 16.7 Å². The van der Waals surface area contributed by atoms with Crippen molar-refractivity contribution in [2.75, 3.05) is 6.61 Å². The fraction of sp³-hybridized carbons (Fsp3) is 0.167. The second-order valence-corrected chi connectivity index (χ2v) is 3.84. The monoisotopic (exact) mass is 234 g/mol. The summed E-state index contributed by atoms with van der Waals surface area (Å²) in [5, 5.41) is 9.44. The summed E-state index contributed by atoms with van der Waals surface area (Å²) in [4.78, 5) is 8.46. The van der Waals surface area contributed by atoms with Crippen LogP contribution in [0.3, 0.4) is 0 Å². The maximum Gasteiger partial charge on any atom is 0.159 e. The molecule has 16 heavy (non-hydrogen) atoms. The molecule has 3 nitrogen and oxygen atoms in total. The third-order valence-electron chi connectivity index (χ3n) is 2.19. The van der Waals surface area contributed by atoms with E-state index in [2.05, 4.69) is 9.97 Å². The third-order valence-corrected chi connectivity index (χ3v) is 2.42. The predicted octanol–water partition coefficient (Wildman–Crippen LogP) is 2.33. The molecule has 0 aliphatic carbocycles. The Morgan fingerprint density at radius 1 is 1.19 bits per heavy atom. The zero-order valence-corrected chi connectivity index (χ0v) is 9.35. The summed E-state index contributed by atoms with van der Waals surface area (Å²) in [6.45, 7) is 0.111. The lowest BCUT2D eigenvalue weighted by atomic mass is 10.2. The van der Waals surface area contributed by atoms with Gasteiger partial charge in [0.15, 0.2) is 5.82 Å². The second-order valence-electron chi connectivity index (χ2n) is 3.40. The quantitative estimate of drug-likeness (QED) is 0.887. The van der Waals surface area contributed by atoms with E-state index in [0.29, 0.717) is 17.3 Å². The fourth-order valence-corrected chi connectivity index (χ4v) is 1.58. The molecule has 2 aromatic rings. The minimum atomic E-state index is 0.111. The molecule has 82 valence electrons. The van der Waals surface area contributed by atoms with Gasteiger partial charge in [0.1, 0.15) is 0 Å². The first-order valence-electron chi connectivity index (χ1n) is 4.97. The molecule has 0 saturated heterocycles. The van der Waals surface area contributed by atoms with Gasteiger partial charge in [0.25, 0.3) is 0 Å². The molecule has 0 fully saturated rings. The summed E-state index contributed by atoms with van der Waals surface area (Å²) in [5.74, 6) is 0.643. The van der Waals surface area contributed by atoms with Gasteiger partial charge in [0, 0.05) is 29.6 Å². The highest BCUT2D eigenvalue weighted by Gasteiger charge is 2.01. The second kappa shape index (κ2) is 5.05. The first-order valence-corrected chi connectivity index (χ1v) is 5.35. The normalized spacial score (nSPS) is 10.4. The maximum atomic E-state index is 8.77. The van der Waals surface area contributed by atoms with E-state index in [-0.39, 0.29) is 6.61 Å². The van der Waals surface area contributed by atoms with E-state index < -0.39 is 0 Å². The zero-order valence-electron chi connectivity index (χ0n) is 8.60. The van der Waals surface area contributed by atoms with Crippen LogP contribution in [-0.2, 0) is 6.42 Å². The Hall–Kier alpha value is -1.45. The maximum absolute atomic E-state index is 8.77. The first kappa shape index (κ1) is 11.0. The molecular weight excluding hydrogens is 224 g/mol. The van der Waals surface area contributed by atoms with Crippen molar-refractivity contribution < 1.29 is 5.11 Å². The van der Waals surface area contributed by atoms with Gasteiger partial charge < -0.3 is 5.11 Å². The lowest BCUT2D eigenvalue weighted by Crippen LogP contribution is -1.95. The van der Waals surface area contributed by atoms with Crippen molar-refractivity contribution >= 4 is 11.6 Å². The van der Waals surface area contributed by atoms with Gasteiger partial charge in [-0.25, -0.2) is 9.97 Å². The predicted molar refractivity (Wildman–Crippen MR) is 63.3 cm³/mol. The molecule has 0 saturated carbocycles. The molecule has 0 atom stereocenters. The molecule has 0 aliphatic rings. The van der Waals surface area contributed by atoms with Crippen LogP contribution in [0.4, 0.5) is 0 Å². The van der Waals surface area contributed by atoms with E-state index in [1.807, 2.05) is 24.3 Å². The Kier molecular flexibility index (Phi) is 3.49. The van der Waals surface area contributed by atoms with Crippen LogP contribution in [0.25, 0.3) is 11.4 Å². The summed E-state index contributed by atoms with van der Waals surface area (Å²) in [6.07, 6.45) is 4.02. The van der Waals surface area contributed by atoms with Crippen LogP contribution < -0.4 is 0 Å². The number of halogens is 1. The number of hydrogen-bond acceptors (Lipinski definition) is 3. The average molecular weight is 235 g/mol. The molecule has 1 aromatic heterocycles. The largest absolute Gasteiger partial charge is 0.396 e. The number of aliphatic hydroxyl groups is 1. The molecule has 1 heterocycles. The van der Waals surface area contributed by atoms with Crippen molar-refractivity contribution in [2.45, 2.75) is 6.42 Å². The highest BCUT2D eigenvalue weighted by molar-refractivity contribution is 6.30. The van der Waals surface area contributed by atoms with Gasteiger partial charge in [-0.1, -0.05) is 23.7 Å². The van der Waals surface area contributed by atoms with Crippen LogP contribution in [0.1, 0.15) is 5.56 Å². The minimum Gasteiger partial charge on any atom is -0.396 e. The van der Waals surface area contributed by atoms with Crippen LogP contribution in [0, 0.1) is 0 Å². The van der Waals surface area contributed by atoms with Gasteiger partial charge in [-0.3, -0.25) is 0 Å². The van der Waals surface area contributed by atoms with Gasteiger partial charge >= 0.3 is 0 Å². The van der Waals surface area contributed by atoms with Crippen LogP contribution in [0.15, 0.2) is 36.7 Å². The van der Waals surface area contributed by atoms with Gasteiger partial charge in [-0.05, 0) is 24.1 Å². The van der Waals surface area contributed by atoms with Crippen molar-refractivity contribution in [3.8, 4) is 11.4 Å². The van der Waals surface area contributed by atoms with E-state index >= 15 is 0 Å². The molecule has 1 aromatic carbocycles. The van der Waals surface area contributed by atoms with Gasteiger partial charge in [0.2, 0.25) is 0 Å². The molecule has 0 aliphatic heterocycles. The Balaban J connectivity index is 2.27. The van der Waals surface area contributed by atoms with E-state index in [1.165, 1.54) is 0 Å². The van der Waals surface area contributed by atoms with E-state index in [9.17, 15) is 0 Å². The summed E-state index contributed by atoms with van der Waals surface area (Å²) in [5.41, 5.74) is 1.82. The molecule has 0 unspecified atom stereocenters. The Labute approximate surface area is 98.8 Å². The average Bonchev–Trinajstić information content (AvgIpc) is 2.30. The first-order chi connectivity index (χ1) is 7.79. The molecule has 2 rings (SSSR count). The Morgan fingerprint density at radius 3 is 2.56 bits per heavy atom. The molecule has 0 spiro atoms. The van der Waals surface area contributed by atoms with Gasteiger partial charge in [0.05, 0.1) is 0 Å². The Morgan fingerprint density at radius 2 is 1.94 bits per heavy atom. The summed E-state index contributed by atoms with van der Waals surface area (Å²) in [7, 11) is 0. The number of rotatable bonds is 3. The van der Waals surface area contributed by atoms with Crippen molar-refractivity contribution in [1.82, 2.24) is 9.97 Å². The van der Waals surface area contributed by atoms with Gasteiger partial charge in [-0.15, -0.1) is 0 Å². The summed E-state index contributed by atoms with van der Waals surface area (Å²) >= 11 is 5.89. The number of aliphatic hydroxyl groups excluding tert-OH is 1. The van der Waals surface area contributed by atoms with Crippen LogP contribution in [0.5, 0.6) is 0 Å². The Bertz CT molecular complexity index is 471.